The molecule has 1 aromatic carbocycles. The number of carbonyl (C=O) groups excluding carboxylic acids is 1. The minimum atomic E-state index is -0.432. The molecule has 3 aromatic rings. The van der Waals surface area contributed by atoms with Crippen LogP contribution in [0, 0.1) is 0 Å². The second-order valence-corrected chi connectivity index (χ2v) is 4.98. The molecule has 3 rings (SSSR count). The molecular weight excluding hydrogens is 294 g/mol. The highest BCUT2D eigenvalue weighted by Crippen LogP contribution is 2.09. The van der Waals surface area contributed by atoms with Crippen molar-refractivity contribution in [1.29, 1.82) is 0 Å². The summed E-state index contributed by atoms with van der Waals surface area (Å²) in [6.07, 6.45) is 5.54. The normalized spacial score (nSPS) is 10.7. The molecule has 7 nitrogen and oxygen atoms in total. The van der Waals surface area contributed by atoms with Crippen LogP contribution in [0.1, 0.15) is 29.5 Å². The Morgan fingerprint density at radius 1 is 1.22 bits per heavy atom. The van der Waals surface area contributed by atoms with Crippen LogP contribution in [0.5, 0.6) is 0 Å². The van der Waals surface area contributed by atoms with Crippen LogP contribution in [0.3, 0.4) is 0 Å². The third-order valence-corrected chi connectivity index (χ3v) is 3.30. The second kappa shape index (κ2) is 6.87. The first-order chi connectivity index (χ1) is 11.3. The number of esters is 1. The van der Waals surface area contributed by atoms with Gasteiger partial charge >= 0.3 is 5.97 Å². The SMILES string of the molecule is CCCn1ncnc1COC(=O)c1cnn(-c2ccccc2)c1. The molecule has 0 radical (unpaired) electrons. The fraction of sp³-hybridized carbons (Fsp3) is 0.250. The summed E-state index contributed by atoms with van der Waals surface area (Å²) in [6, 6.07) is 9.57. The molecule has 0 atom stereocenters. The van der Waals surface area contributed by atoms with Gasteiger partial charge < -0.3 is 4.74 Å². The maximum absolute atomic E-state index is 12.1. The molecule has 0 unspecified atom stereocenters. The molecular formula is C16H17N5O2. The van der Waals surface area contributed by atoms with Crippen molar-refractivity contribution in [2.45, 2.75) is 26.5 Å². The van der Waals surface area contributed by atoms with Crippen LogP contribution in [0.15, 0.2) is 49.1 Å². The van der Waals surface area contributed by atoms with Crippen molar-refractivity contribution in [3.63, 3.8) is 0 Å². The molecule has 0 fully saturated rings. The molecule has 0 saturated heterocycles. The van der Waals surface area contributed by atoms with Crippen LogP contribution in [0.2, 0.25) is 0 Å². The third-order valence-electron chi connectivity index (χ3n) is 3.30. The van der Waals surface area contributed by atoms with Gasteiger partial charge in [0.25, 0.3) is 0 Å². The van der Waals surface area contributed by atoms with E-state index in [4.69, 9.17) is 4.74 Å². The van der Waals surface area contributed by atoms with Crippen molar-refractivity contribution in [1.82, 2.24) is 24.5 Å². The van der Waals surface area contributed by atoms with Gasteiger partial charge in [-0.15, -0.1) is 0 Å². The van der Waals surface area contributed by atoms with E-state index >= 15 is 0 Å². The maximum Gasteiger partial charge on any atom is 0.341 e. The van der Waals surface area contributed by atoms with E-state index < -0.39 is 5.97 Å². The topological polar surface area (TPSA) is 74.8 Å². The van der Waals surface area contributed by atoms with E-state index in [1.807, 2.05) is 30.3 Å². The number of aryl methyl sites for hydroxylation is 1. The summed E-state index contributed by atoms with van der Waals surface area (Å²) >= 11 is 0. The van der Waals surface area contributed by atoms with Crippen LogP contribution in [0.25, 0.3) is 5.69 Å². The van der Waals surface area contributed by atoms with E-state index in [9.17, 15) is 4.79 Å². The van der Waals surface area contributed by atoms with Gasteiger partial charge in [-0.2, -0.15) is 10.2 Å². The molecule has 0 aliphatic carbocycles. The Balaban J connectivity index is 1.65. The molecule has 0 saturated carbocycles. The standard InChI is InChI=1S/C16H17N5O2/c1-2-8-20-15(17-12-19-20)11-23-16(22)13-9-18-21(10-13)14-6-4-3-5-7-14/h3-7,9-10,12H,2,8,11H2,1H3. The van der Waals surface area contributed by atoms with Gasteiger partial charge in [-0.25, -0.2) is 19.1 Å². The lowest BCUT2D eigenvalue weighted by molar-refractivity contribution is 0.0456. The highest BCUT2D eigenvalue weighted by atomic mass is 16.5. The first-order valence-electron chi connectivity index (χ1n) is 7.42. The van der Waals surface area contributed by atoms with E-state index in [0.29, 0.717) is 11.4 Å². The molecule has 2 aromatic heterocycles. The van der Waals surface area contributed by atoms with E-state index in [0.717, 1.165) is 18.7 Å². The van der Waals surface area contributed by atoms with Gasteiger partial charge in [-0.1, -0.05) is 25.1 Å². The minimum Gasteiger partial charge on any atom is -0.454 e. The number of hydrogen-bond acceptors (Lipinski definition) is 5. The lowest BCUT2D eigenvalue weighted by Gasteiger charge is -2.05. The first kappa shape index (κ1) is 15.0. The Labute approximate surface area is 133 Å². The summed E-state index contributed by atoms with van der Waals surface area (Å²) in [6.45, 7) is 2.89. The fourth-order valence-corrected chi connectivity index (χ4v) is 2.16. The number of rotatable bonds is 6. The van der Waals surface area contributed by atoms with Crippen LogP contribution < -0.4 is 0 Å². The van der Waals surface area contributed by atoms with Gasteiger partial charge in [-0.05, 0) is 18.6 Å². The van der Waals surface area contributed by atoms with Gasteiger partial charge in [0.2, 0.25) is 0 Å². The average Bonchev–Trinajstić information content (AvgIpc) is 3.23. The summed E-state index contributed by atoms with van der Waals surface area (Å²) in [5, 5.41) is 8.28. The maximum atomic E-state index is 12.1. The van der Waals surface area contributed by atoms with Gasteiger partial charge in [0.1, 0.15) is 6.33 Å². The van der Waals surface area contributed by atoms with Crippen molar-refractivity contribution in [3.8, 4) is 5.69 Å². The zero-order valence-electron chi connectivity index (χ0n) is 12.8. The quantitative estimate of drug-likeness (QED) is 0.653. The van der Waals surface area contributed by atoms with Crippen molar-refractivity contribution >= 4 is 5.97 Å². The number of hydrogen-bond donors (Lipinski definition) is 0. The lowest BCUT2D eigenvalue weighted by atomic mass is 10.3. The molecule has 23 heavy (non-hydrogen) atoms. The predicted octanol–water partition coefficient (Wildman–Crippen LogP) is 2.23. The van der Waals surface area contributed by atoms with Gasteiger partial charge in [0.15, 0.2) is 12.4 Å². The van der Waals surface area contributed by atoms with Crippen LogP contribution in [-0.2, 0) is 17.9 Å². The Morgan fingerprint density at radius 3 is 2.83 bits per heavy atom. The highest BCUT2D eigenvalue weighted by Gasteiger charge is 2.13. The van der Waals surface area contributed by atoms with Gasteiger partial charge in [0, 0.05) is 12.7 Å². The van der Waals surface area contributed by atoms with Gasteiger partial charge in [0.05, 0.1) is 17.4 Å². The van der Waals surface area contributed by atoms with E-state index in [1.165, 1.54) is 12.5 Å². The summed E-state index contributed by atoms with van der Waals surface area (Å²) in [5.41, 5.74) is 1.28. The van der Waals surface area contributed by atoms with Crippen LogP contribution in [0.4, 0.5) is 0 Å². The molecule has 7 heteroatoms. The number of nitrogens with zero attached hydrogens (tertiary/aromatic N) is 5. The lowest BCUT2D eigenvalue weighted by Crippen LogP contribution is -2.10. The molecule has 118 valence electrons. The number of benzene rings is 1. The summed E-state index contributed by atoms with van der Waals surface area (Å²) in [5.74, 6) is 0.203. The van der Waals surface area contributed by atoms with Crippen molar-refractivity contribution in [2.75, 3.05) is 0 Å². The van der Waals surface area contributed by atoms with Gasteiger partial charge in [-0.3, -0.25) is 0 Å². The second-order valence-electron chi connectivity index (χ2n) is 4.98. The van der Waals surface area contributed by atoms with Crippen LogP contribution in [-0.4, -0.2) is 30.5 Å². The molecule has 2 heterocycles. The molecule has 0 bridgehead atoms. The average molecular weight is 311 g/mol. The number of aromatic nitrogens is 5. The third kappa shape index (κ3) is 3.45. The van der Waals surface area contributed by atoms with E-state index in [1.54, 1.807) is 15.6 Å². The van der Waals surface area contributed by atoms with Crippen molar-refractivity contribution in [2.24, 2.45) is 0 Å². The zero-order chi connectivity index (χ0) is 16.1. The zero-order valence-corrected chi connectivity index (χ0v) is 12.8. The number of para-hydroxylation sites is 1. The van der Waals surface area contributed by atoms with E-state index in [-0.39, 0.29) is 6.61 Å². The fourth-order valence-electron chi connectivity index (χ4n) is 2.16. The largest absolute Gasteiger partial charge is 0.454 e. The Kier molecular flexibility index (Phi) is 4.46. The van der Waals surface area contributed by atoms with Crippen molar-refractivity contribution < 1.29 is 9.53 Å². The molecule has 0 spiro atoms. The minimum absolute atomic E-state index is 0.0926. The molecule has 0 amide bonds. The summed E-state index contributed by atoms with van der Waals surface area (Å²) in [4.78, 5) is 16.2. The number of carbonyl (C=O) groups is 1. The Hall–Kier alpha value is -2.96. The molecule has 0 aliphatic heterocycles. The molecule has 0 aliphatic rings. The number of ether oxygens (including phenoxy) is 1. The first-order valence-corrected chi connectivity index (χ1v) is 7.42. The smallest absolute Gasteiger partial charge is 0.341 e. The summed E-state index contributed by atoms with van der Waals surface area (Å²) in [7, 11) is 0. The highest BCUT2D eigenvalue weighted by molar-refractivity contribution is 5.88. The molecule has 0 N–H and O–H groups in total. The Bertz CT molecular complexity index is 779. The Morgan fingerprint density at radius 2 is 2.04 bits per heavy atom. The predicted molar refractivity (Wildman–Crippen MR) is 83.0 cm³/mol. The van der Waals surface area contributed by atoms with Crippen molar-refractivity contribution in [3.05, 3.63) is 60.4 Å². The van der Waals surface area contributed by atoms with E-state index in [2.05, 4.69) is 22.1 Å². The summed E-state index contributed by atoms with van der Waals surface area (Å²) < 4.78 is 8.66. The van der Waals surface area contributed by atoms with Crippen LogP contribution >= 0.6 is 0 Å². The monoisotopic (exact) mass is 311 g/mol.